The van der Waals surface area contributed by atoms with Crippen LogP contribution in [0.15, 0.2) is 54.7 Å². The van der Waals surface area contributed by atoms with E-state index in [2.05, 4.69) is 19.1 Å². The third-order valence-electron chi connectivity index (χ3n) is 1.64. The predicted octanol–water partition coefficient (Wildman–Crippen LogP) is 4.39. The van der Waals surface area contributed by atoms with Crippen LogP contribution in [0.4, 0.5) is 0 Å². The molecular weight excluding hydrogens is 168 g/mol. The zero-order valence-electron chi connectivity index (χ0n) is 8.89. The standard InChI is InChI=1S/C14H19/c1-3-5-7-9-11-13-14-12-10-8-6-4-2/h1,3,5,7,9-14H,4,6,8H2,2H3/b3-1?,7-5+,11-9+,12-10+,14-13+. The second-order valence-electron chi connectivity index (χ2n) is 2.92. The lowest BCUT2D eigenvalue weighted by atomic mass is 10.2. The topological polar surface area (TPSA) is 0 Å². The second kappa shape index (κ2) is 11.7. The molecule has 75 valence electrons. The molecule has 0 aromatic rings. The highest BCUT2D eigenvalue weighted by Crippen LogP contribution is 1.94. The van der Waals surface area contributed by atoms with Gasteiger partial charge in [0.2, 0.25) is 0 Å². The average molecular weight is 187 g/mol. The Balaban J connectivity index is 3.52. The minimum absolute atomic E-state index is 1.17. The summed E-state index contributed by atoms with van der Waals surface area (Å²) in [7, 11) is 0. The highest BCUT2D eigenvalue weighted by molar-refractivity contribution is 5.16. The molecule has 0 unspecified atom stereocenters. The molecule has 0 fully saturated rings. The van der Waals surface area contributed by atoms with Gasteiger partial charge in [0.25, 0.3) is 0 Å². The lowest BCUT2D eigenvalue weighted by Gasteiger charge is -1.84. The highest BCUT2D eigenvalue weighted by Gasteiger charge is 1.74. The Bertz CT molecular complexity index is 226. The van der Waals surface area contributed by atoms with Gasteiger partial charge in [0.1, 0.15) is 0 Å². The highest BCUT2D eigenvalue weighted by atomic mass is 13.8. The van der Waals surface area contributed by atoms with Crippen molar-refractivity contribution in [3.8, 4) is 0 Å². The Kier molecular flexibility index (Phi) is 10.6. The van der Waals surface area contributed by atoms with Crippen LogP contribution in [0, 0.1) is 6.58 Å². The van der Waals surface area contributed by atoms with Gasteiger partial charge in [0.15, 0.2) is 0 Å². The van der Waals surface area contributed by atoms with Crippen LogP contribution >= 0.6 is 0 Å². The monoisotopic (exact) mass is 187 g/mol. The molecule has 0 aliphatic heterocycles. The average Bonchev–Trinajstić information content (AvgIpc) is 2.21. The van der Waals surface area contributed by atoms with Gasteiger partial charge in [-0.15, -0.1) is 0 Å². The molecule has 1 radical (unpaired) electrons. The molecule has 0 aliphatic rings. The summed E-state index contributed by atoms with van der Waals surface area (Å²) < 4.78 is 0. The second-order valence-corrected chi connectivity index (χ2v) is 2.92. The number of allylic oxidation sites excluding steroid dienone is 9. The van der Waals surface area contributed by atoms with Crippen LogP contribution < -0.4 is 0 Å². The number of hydrogen-bond donors (Lipinski definition) is 0. The maximum Gasteiger partial charge on any atom is -0.0348 e. The fourth-order valence-corrected chi connectivity index (χ4v) is 0.882. The SMILES string of the molecule is [CH]=C/C=C/C=C/C=C/C=C/CCCC. The summed E-state index contributed by atoms with van der Waals surface area (Å²) in [6.45, 7) is 7.36. The third-order valence-corrected chi connectivity index (χ3v) is 1.64. The van der Waals surface area contributed by atoms with Gasteiger partial charge in [0, 0.05) is 0 Å². The van der Waals surface area contributed by atoms with E-state index in [-0.39, 0.29) is 0 Å². The van der Waals surface area contributed by atoms with E-state index < -0.39 is 0 Å². The zero-order chi connectivity index (χ0) is 10.5. The van der Waals surface area contributed by atoms with Crippen molar-refractivity contribution in [2.24, 2.45) is 0 Å². The Labute approximate surface area is 88.0 Å². The Morgan fingerprint density at radius 3 is 2.00 bits per heavy atom. The van der Waals surface area contributed by atoms with Crippen molar-refractivity contribution in [3.63, 3.8) is 0 Å². The molecular formula is C14H19. The summed E-state index contributed by atoms with van der Waals surface area (Å²) in [5, 5.41) is 0. The molecule has 0 bridgehead atoms. The third kappa shape index (κ3) is 10.7. The van der Waals surface area contributed by atoms with E-state index in [1.54, 1.807) is 6.08 Å². The van der Waals surface area contributed by atoms with Crippen LogP contribution in [0.5, 0.6) is 0 Å². The first-order valence-electron chi connectivity index (χ1n) is 5.12. The first-order chi connectivity index (χ1) is 6.91. The molecule has 0 heteroatoms. The largest absolute Gasteiger partial charge is 0.0845 e. The van der Waals surface area contributed by atoms with E-state index in [9.17, 15) is 0 Å². The van der Waals surface area contributed by atoms with Crippen LogP contribution in [0.2, 0.25) is 0 Å². The van der Waals surface area contributed by atoms with Crippen molar-refractivity contribution in [1.82, 2.24) is 0 Å². The van der Waals surface area contributed by atoms with Gasteiger partial charge in [-0.3, -0.25) is 0 Å². The number of unbranched alkanes of at least 4 members (excludes halogenated alkanes) is 2. The molecule has 0 atom stereocenters. The van der Waals surface area contributed by atoms with E-state index >= 15 is 0 Å². The molecule has 0 N–H and O–H groups in total. The van der Waals surface area contributed by atoms with Crippen LogP contribution in [-0.4, -0.2) is 0 Å². The van der Waals surface area contributed by atoms with Gasteiger partial charge in [-0.1, -0.05) is 81.0 Å². The normalized spacial score (nSPS) is 12.6. The summed E-state index contributed by atoms with van der Waals surface area (Å²) in [5.74, 6) is 0. The Hall–Kier alpha value is -1.30. The molecule has 0 aromatic carbocycles. The summed E-state index contributed by atoms with van der Waals surface area (Å²) in [4.78, 5) is 0. The van der Waals surface area contributed by atoms with E-state index in [0.29, 0.717) is 0 Å². The van der Waals surface area contributed by atoms with Gasteiger partial charge < -0.3 is 0 Å². The molecule has 14 heavy (non-hydrogen) atoms. The smallest absolute Gasteiger partial charge is 0.0348 e. The van der Waals surface area contributed by atoms with Gasteiger partial charge in [-0.05, 0) is 6.42 Å². The van der Waals surface area contributed by atoms with Gasteiger partial charge in [0.05, 0.1) is 0 Å². The van der Waals surface area contributed by atoms with Crippen molar-refractivity contribution in [3.05, 3.63) is 61.3 Å². The van der Waals surface area contributed by atoms with Gasteiger partial charge in [-0.25, -0.2) is 0 Å². The minimum atomic E-state index is 1.17. The first-order valence-corrected chi connectivity index (χ1v) is 5.12. The maximum atomic E-state index is 5.16. The lowest BCUT2D eigenvalue weighted by molar-refractivity contribution is 0.815. The Morgan fingerprint density at radius 1 is 0.857 bits per heavy atom. The molecule has 0 amide bonds. The van der Waals surface area contributed by atoms with Crippen molar-refractivity contribution in [2.45, 2.75) is 26.2 Å². The van der Waals surface area contributed by atoms with E-state index in [1.807, 2.05) is 30.4 Å². The van der Waals surface area contributed by atoms with Crippen LogP contribution in [-0.2, 0) is 0 Å². The van der Waals surface area contributed by atoms with E-state index in [1.165, 1.54) is 25.3 Å². The molecule has 0 rings (SSSR count). The van der Waals surface area contributed by atoms with Crippen molar-refractivity contribution < 1.29 is 0 Å². The van der Waals surface area contributed by atoms with Gasteiger partial charge in [-0.2, -0.15) is 0 Å². The summed E-state index contributed by atoms with van der Waals surface area (Å²) in [5.41, 5.74) is 0. The first kappa shape index (κ1) is 12.7. The number of rotatable bonds is 7. The molecule has 0 saturated heterocycles. The van der Waals surface area contributed by atoms with Crippen molar-refractivity contribution in [2.75, 3.05) is 0 Å². The predicted molar refractivity (Wildman–Crippen MR) is 65.0 cm³/mol. The fraction of sp³-hybridized carbons (Fsp3) is 0.286. The maximum absolute atomic E-state index is 5.16. The summed E-state index contributed by atoms with van der Waals surface area (Å²) >= 11 is 0. The quantitative estimate of drug-likeness (QED) is 0.409. The molecule has 0 aromatic heterocycles. The minimum Gasteiger partial charge on any atom is -0.0845 e. The van der Waals surface area contributed by atoms with Gasteiger partial charge >= 0.3 is 0 Å². The molecule has 0 spiro atoms. The molecule has 0 heterocycles. The molecule has 0 saturated carbocycles. The Morgan fingerprint density at radius 2 is 1.43 bits per heavy atom. The van der Waals surface area contributed by atoms with Crippen LogP contribution in [0.3, 0.4) is 0 Å². The van der Waals surface area contributed by atoms with Crippen LogP contribution in [0.25, 0.3) is 0 Å². The zero-order valence-corrected chi connectivity index (χ0v) is 8.89. The van der Waals surface area contributed by atoms with E-state index in [0.717, 1.165) is 0 Å². The van der Waals surface area contributed by atoms with Crippen molar-refractivity contribution >= 4 is 0 Å². The molecule has 0 nitrogen and oxygen atoms in total. The lowest BCUT2D eigenvalue weighted by Crippen LogP contribution is -1.64. The van der Waals surface area contributed by atoms with E-state index in [4.69, 9.17) is 6.58 Å². The summed E-state index contributed by atoms with van der Waals surface area (Å²) in [6.07, 6.45) is 21.1. The van der Waals surface area contributed by atoms with Crippen molar-refractivity contribution in [1.29, 1.82) is 0 Å². The molecule has 0 aliphatic carbocycles. The number of hydrogen-bond acceptors (Lipinski definition) is 0. The fourth-order valence-electron chi connectivity index (χ4n) is 0.882. The summed E-state index contributed by atoms with van der Waals surface area (Å²) in [6, 6.07) is 0. The van der Waals surface area contributed by atoms with Crippen LogP contribution in [0.1, 0.15) is 26.2 Å².